The number of hydrogen-bond acceptors (Lipinski definition) is 5. The molecule has 5 nitrogen and oxygen atoms in total. The standard InChI is InChI=1S/C12H13NO4S3/c1-8-11(6-10(19-8)12(14)15)20(16,17)13-4-2-9-3-5-18-7-9/h3,5-7,13H,2,4H2,1H3,(H,14,15). The fourth-order valence-electron chi connectivity index (χ4n) is 1.68. The van der Waals surface area contributed by atoms with E-state index in [0.717, 1.165) is 16.9 Å². The number of rotatable bonds is 6. The molecule has 8 heteroatoms. The van der Waals surface area contributed by atoms with Crippen molar-refractivity contribution in [2.45, 2.75) is 18.2 Å². The van der Waals surface area contributed by atoms with Gasteiger partial charge in [-0.15, -0.1) is 11.3 Å². The highest BCUT2D eigenvalue weighted by molar-refractivity contribution is 7.89. The van der Waals surface area contributed by atoms with E-state index in [1.54, 1.807) is 18.3 Å². The van der Waals surface area contributed by atoms with Crippen LogP contribution in [-0.2, 0) is 16.4 Å². The summed E-state index contributed by atoms with van der Waals surface area (Å²) in [5, 5.41) is 12.8. The van der Waals surface area contributed by atoms with Crippen LogP contribution in [0.3, 0.4) is 0 Å². The van der Waals surface area contributed by atoms with Gasteiger partial charge in [-0.2, -0.15) is 11.3 Å². The van der Waals surface area contributed by atoms with Gasteiger partial charge in [-0.1, -0.05) is 0 Å². The van der Waals surface area contributed by atoms with Crippen molar-refractivity contribution in [3.8, 4) is 0 Å². The molecule has 0 fully saturated rings. The number of thiophene rings is 2. The molecule has 0 aliphatic heterocycles. The number of carboxylic acid groups (broad SMARTS) is 1. The third-order valence-corrected chi connectivity index (χ3v) is 6.15. The molecule has 2 aromatic rings. The molecule has 20 heavy (non-hydrogen) atoms. The van der Waals surface area contributed by atoms with Crippen molar-refractivity contribution in [3.63, 3.8) is 0 Å². The molecule has 0 saturated heterocycles. The van der Waals surface area contributed by atoms with E-state index in [4.69, 9.17) is 5.11 Å². The van der Waals surface area contributed by atoms with E-state index in [0.29, 0.717) is 11.3 Å². The molecule has 2 heterocycles. The van der Waals surface area contributed by atoms with Gasteiger partial charge in [0.15, 0.2) is 0 Å². The summed E-state index contributed by atoms with van der Waals surface area (Å²) in [6, 6.07) is 3.15. The Morgan fingerprint density at radius 3 is 2.75 bits per heavy atom. The maximum Gasteiger partial charge on any atom is 0.345 e. The number of aromatic carboxylic acids is 1. The second kappa shape index (κ2) is 6.04. The van der Waals surface area contributed by atoms with Gasteiger partial charge in [0, 0.05) is 11.4 Å². The molecule has 0 radical (unpaired) electrons. The van der Waals surface area contributed by atoms with Gasteiger partial charge in [0.1, 0.15) is 4.88 Å². The topological polar surface area (TPSA) is 83.5 Å². The Labute approximate surface area is 124 Å². The van der Waals surface area contributed by atoms with Gasteiger partial charge in [-0.05, 0) is 41.8 Å². The van der Waals surface area contributed by atoms with E-state index in [2.05, 4.69) is 4.72 Å². The predicted molar refractivity (Wildman–Crippen MR) is 79.2 cm³/mol. The number of hydrogen-bond donors (Lipinski definition) is 2. The normalized spacial score (nSPS) is 11.7. The molecule has 2 N–H and O–H groups in total. The minimum atomic E-state index is -3.66. The smallest absolute Gasteiger partial charge is 0.345 e. The van der Waals surface area contributed by atoms with Gasteiger partial charge in [0.25, 0.3) is 0 Å². The third kappa shape index (κ3) is 3.45. The van der Waals surface area contributed by atoms with Gasteiger partial charge < -0.3 is 5.11 Å². The molecule has 108 valence electrons. The molecule has 0 bridgehead atoms. The van der Waals surface area contributed by atoms with Crippen LogP contribution >= 0.6 is 22.7 Å². The molecule has 0 spiro atoms. The number of carbonyl (C=O) groups is 1. The summed E-state index contributed by atoms with van der Waals surface area (Å²) in [4.78, 5) is 11.4. The summed E-state index contributed by atoms with van der Waals surface area (Å²) in [5.41, 5.74) is 1.07. The molecule has 2 aromatic heterocycles. The van der Waals surface area contributed by atoms with Crippen LogP contribution in [0.1, 0.15) is 20.1 Å². The van der Waals surface area contributed by atoms with E-state index in [1.807, 2.05) is 16.8 Å². The van der Waals surface area contributed by atoms with Crippen LogP contribution in [-0.4, -0.2) is 26.0 Å². The van der Waals surface area contributed by atoms with E-state index < -0.39 is 16.0 Å². The van der Waals surface area contributed by atoms with E-state index in [-0.39, 0.29) is 16.3 Å². The van der Waals surface area contributed by atoms with Crippen LogP contribution in [0.4, 0.5) is 0 Å². The van der Waals surface area contributed by atoms with E-state index >= 15 is 0 Å². The quantitative estimate of drug-likeness (QED) is 0.851. The first-order valence-corrected chi connectivity index (χ1v) is 8.99. The average molecular weight is 331 g/mol. The summed E-state index contributed by atoms with van der Waals surface area (Å²) < 4.78 is 26.7. The lowest BCUT2D eigenvalue weighted by atomic mass is 10.2. The van der Waals surface area contributed by atoms with Crippen molar-refractivity contribution in [1.82, 2.24) is 4.72 Å². The lowest BCUT2D eigenvalue weighted by Crippen LogP contribution is -2.26. The number of nitrogens with one attached hydrogen (secondary N) is 1. The molecule has 0 aliphatic rings. The summed E-state index contributed by atoms with van der Waals surface area (Å²) in [7, 11) is -3.66. The Balaban J connectivity index is 2.08. The number of sulfonamides is 1. The van der Waals surface area contributed by atoms with Crippen LogP contribution in [0.25, 0.3) is 0 Å². The zero-order valence-electron chi connectivity index (χ0n) is 10.6. The first kappa shape index (κ1) is 15.2. The molecule has 0 aliphatic carbocycles. The van der Waals surface area contributed by atoms with Gasteiger partial charge in [0.2, 0.25) is 10.0 Å². The maximum atomic E-state index is 12.1. The largest absolute Gasteiger partial charge is 0.477 e. The molecule has 0 atom stereocenters. The number of carboxylic acids is 1. The monoisotopic (exact) mass is 331 g/mol. The second-order valence-electron chi connectivity index (χ2n) is 4.12. The van der Waals surface area contributed by atoms with Gasteiger partial charge >= 0.3 is 5.97 Å². The van der Waals surface area contributed by atoms with Crippen LogP contribution in [0.2, 0.25) is 0 Å². The van der Waals surface area contributed by atoms with Crippen molar-refractivity contribution in [3.05, 3.63) is 38.2 Å². The first-order valence-electron chi connectivity index (χ1n) is 5.74. The summed E-state index contributed by atoms with van der Waals surface area (Å²) in [5.74, 6) is -1.11. The Bertz CT molecular complexity index is 701. The highest BCUT2D eigenvalue weighted by Crippen LogP contribution is 2.25. The maximum absolute atomic E-state index is 12.1. The molecule has 2 rings (SSSR count). The minimum absolute atomic E-state index is 0.0284. The van der Waals surface area contributed by atoms with Gasteiger partial charge in [-0.25, -0.2) is 17.9 Å². The third-order valence-electron chi connectivity index (χ3n) is 2.66. The van der Waals surface area contributed by atoms with Crippen molar-refractivity contribution >= 4 is 38.7 Å². The lowest BCUT2D eigenvalue weighted by molar-refractivity contribution is 0.0702. The molecule has 0 amide bonds. The van der Waals surface area contributed by atoms with E-state index in [1.165, 1.54) is 6.07 Å². The Morgan fingerprint density at radius 1 is 1.45 bits per heavy atom. The van der Waals surface area contributed by atoms with Crippen molar-refractivity contribution in [2.75, 3.05) is 6.54 Å². The van der Waals surface area contributed by atoms with Gasteiger partial charge in [-0.3, -0.25) is 0 Å². The van der Waals surface area contributed by atoms with Crippen LogP contribution in [0.5, 0.6) is 0 Å². The van der Waals surface area contributed by atoms with Crippen LogP contribution in [0, 0.1) is 6.92 Å². The fourth-order valence-corrected chi connectivity index (χ4v) is 4.84. The Kier molecular flexibility index (Phi) is 4.59. The summed E-state index contributed by atoms with van der Waals surface area (Å²) in [6.45, 7) is 1.89. The van der Waals surface area contributed by atoms with Crippen molar-refractivity contribution in [1.29, 1.82) is 0 Å². The fraction of sp³-hybridized carbons (Fsp3) is 0.250. The highest BCUT2D eigenvalue weighted by atomic mass is 32.2. The first-order chi connectivity index (χ1) is 9.40. The average Bonchev–Trinajstić information content (AvgIpc) is 2.98. The van der Waals surface area contributed by atoms with Gasteiger partial charge in [0.05, 0.1) is 4.90 Å². The van der Waals surface area contributed by atoms with Crippen LogP contribution in [0.15, 0.2) is 27.8 Å². The van der Waals surface area contributed by atoms with Crippen molar-refractivity contribution in [2.24, 2.45) is 0 Å². The Hall–Kier alpha value is -1.22. The zero-order valence-corrected chi connectivity index (χ0v) is 13.1. The molecule has 0 unspecified atom stereocenters. The SMILES string of the molecule is Cc1sc(C(=O)O)cc1S(=O)(=O)NCCc1ccsc1. The van der Waals surface area contributed by atoms with E-state index in [9.17, 15) is 13.2 Å². The molecule has 0 aromatic carbocycles. The lowest BCUT2D eigenvalue weighted by Gasteiger charge is -2.05. The molecular weight excluding hydrogens is 318 g/mol. The predicted octanol–water partition coefficient (Wildman–Crippen LogP) is 2.34. The summed E-state index contributed by atoms with van der Waals surface area (Å²) >= 11 is 2.53. The number of aryl methyl sites for hydroxylation is 1. The second-order valence-corrected chi connectivity index (χ2v) is 7.89. The molecular formula is C12H13NO4S3. The van der Waals surface area contributed by atoms with Crippen molar-refractivity contribution < 1.29 is 18.3 Å². The zero-order chi connectivity index (χ0) is 14.8. The van der Waals surface area contributed by atoms with Crippen LogP contribution < -0.4 is 4.72 Å². The highest BCUT2D eigenvalue weighted by Gasteiger charge is 2.21. The molecule has 0 saturated carbocycles. The Morgan fingerprint density at radius 2 is 2.20 bits per heavy atom. The minimum Gasteiger partial charge on any atom is -0.477 e. The summed E-state index contributed by atoms with van der Waals surface area (Å²) in [6.07, 6.45) is 0.609.